The number of hydrogen-bond acceptors (Lipinski definition) is 4. The largest absolute Gasteiger partial charge is 0.484 e. The van der Waals surface area contributed by atoms with Crippen molar-refractivity contribution >= 4 is 17.9 Å². The Hall–Kier alpha value is -2.34. The summed E-state index contributed by atoms with van der Waals surface area (Å²) in [7, 11) is 1.71. The number of ether oxygens (including phenoxy) is 2. The molecule has 1 aliphatic rings. The number of primary amides is 1. The maximum Gasteiger partial charge on any atom is 0.255 e. The van der Waals surface area contributed by atoms with E-state index in [4.69, 9.17) is 15.2 Å². The van der Waals surface area contributed by atoms with Gasteiger partial charge in [-0.05, 0) is 36.6 Å². The van der Waals surface area contributed by atoms with Crippen LogP contribution in [0.15, 0.2) is 30.3 Å². The number of nitrogens with two attached hydrogens (primary N) is 1. The number of likely N-dealkylation sites (tertiary alicyclic amines) is 1. The molecular weight excluding hydrogens is 296 g/mol. The Kier molecular flexibility index (Phi) is 6.17. The second kappa shape index (κ2) is 8.33. The van der Waals surface area contributed by atoms with Crippen molar-refractivity contribution < 1.29 is 19.1 Å². The van der Waals surface area contributed by atoms with Gasteiger partial charge in [0.2, 0.25) is 5.91 Å². The van der Waals surface area contributed by atoms with Crippen molar-refractivity contribution in [2.75, 3.05) is 26.8 Å². The summed E-state index contributed by atoms with van der Waals surface area (Å²) in [5.74, 6) is 0.0549. The predicted octanol–water partition coefficient (Wildman–Crippen LogP) is 1.20. The minimum Gasteiger partial charge on any atom is -0.484 e. The van der Waals surface area contributed by atoms with Gasteiger partial charge in [0.1, 0.15) is 5.75 Å². The molecule has 2 N–H and O–H groups in total. The van der Waals surface area contributed by atoms with Gasteiger partial charge in [-0.3, -0.25) is 9.59 Å². The van der Waals surface area contributed by atoms with Gasteiger partial charge < -0.3 is 20.1 Å². The lowest BCUT2D eigenvalue weighted by molar-refractivity contribution is -0.128. The van der Waals surface area contributed by atoms with Crippen LogP contribution in [0.4, 0.5) is 0 Å². The quantitative estimate of drug-likeness (QED) is 0.799. The molecule has 0 unspecified atom stereocenters. The highest BCUT2D eigenvalue weighted by Gasteiger charge is 2.20. The van der Waals surface area contributed by atoms with Crippen molar-refractivity contribution in [2.45, 2.75) is 18.9 Å². The molecule has 2 amide bonds. The average Bonchev–Trinajstić information content (AvgIpc) is 2.58. The van der Waals surface area contributed by atoms with Crippen LogP contribution in [0, 0.1) is 0 Å². The van der Waals surface area contributed by atoms with E-state index in [9.17, 15) is 9.59 Å². The summed E-state index contributed by atoms with van der Waals surface area (Å²) in [6.45, 7) is 1.30. The third-order valence-electron chi connectivity index (χ3n) is 3.77. The first-order valence-corrected chi connectivity index (χ1v) is 7.59. The molecule has 0 saturated carbocycles. The summed E-state index contributed by atoms with van der Waals surface area (Å²) < 4.78 is 10.5. The van der Waals surface area contributed by atoms with Gasteiger partial charge in [-0.25, -0.2) is 0 Å². The van der Waals surface area contributed by atoms with E-state index in [1.807, 2.05) is 17.0 Å². The molecular formula is C17H22N2O4. The maximum atomic E-state index is 12.1. The van der Waals surface area contributed by atoms with Gasteiger partial charge in [0.15, 0.2) is 6.61 Å². The zero-order valence-electron chi connectivity index (χ0n) is 13.2. The van der Waals surface area contributed by atoms with Gasteiger partial charge in [0.25, 0.3) is 5.91 Å². The molecule has 0 atom stereocenters. The Bertz CT molecular complexity index is 560. The van der Waals surface area contributed by atoms with E-state index in [0.717, 1.165) is 31.5 Å². The second-order valence-corrected chi connectivity index (χ2v) is 5.42. The topological polar surface area (TPSA) is 81.9 Å². The number of carbonyl (C=O) groups is 2. The normalized spacial score (nSPS) is 15.8. The summed E-state index contributed by atoms with van der Waals surface area (Å²) in [5.41, 5.74) is 5.90. The van der Waals surface area contributed by atoms with E-state index in [1.165, 1.54) is 0 Å². The molecule has 0 spiro atoms. The van der Waals surface area contributed by atoms with E-state index >= 15 is 0 Å². The Balaban J connectivity index is 1.85. The van der Waals surface area contributed by atoms with E-state index in [2.05, 4.69) is 0 Å². The number of carbonyl (C=O) groups excluding carboxylic acids is 2. The fourth-order valence-corrected chi connectivity index (χ4v) is 2.41. The van der Waals surface area contributed by atoms with Crippen LogP contribution in [0.3, 0.4) is 0 Å². The summed E-state index contributed by atoms with van der Waals surface area (Å²) in [5, 5.41) is 0. The fourth-order valence-electron chi connectivity index (χ4n) is 2.41. The van der Waals surface area contributed by atoms with Gasteiger partial charge in [0.05, 0.1) is 6.10 Å². The lowest BCUT2D eigenvalue weighted by atomic mass is 10.1. The monoisotopic (exact) mass is 318 g/mol. The Morgan fingerprint density at radius 3 is 2.48 bits per heavy atom. The predicted molar refractivity (Wildman–Crippen MR) is 86.8 cm³/mol. The third kappa shape index (κ3) is 5.41. The minimum absolute atomic E-state index is 0.00797. The zero-order chi connectivity index (χ0) is 16.7. The van der Waals surface area contributed by atoms with Gasteiger partial charge in [-0.15, -0.1) is 0 Å². The number of piperidine rings is 1. The van der Waals surface area contributed by atoms with Crippen molar-refractivity contribution in [1.29, 1.82) is 0 Å². The van der Waals surface area contributed by atoms with E-state index in [0.29, 0.717) is 5.75 Å². The molecule has 0 radical (unpaired) electrons. The lowest BCUT2D eigenvalue weighted by Crippen LogP contribution is -2.39. The van der Waals surface area contributed by atoms with Gasteiger partial charge in [0, 0.05) is 26.3 Å². The number of hydrogen-bond donors (Lipinski definition) is 1. The zero-order valence-corrected chi connectivity index (χ0v) is 13.2. The molecule has 1 heterocycles. The SMILES string of the molecule is COC1CCN(C(=O)/C=C/c2ccc(OCC(N)=O)cc2)CC1. The van der Waals surface area contributed by atoms with Crippen LogP contribution in [0.25, 0.3) is 6.08 Å². The van der Waals surface area contributed by atoms with Crippen molar-refractivity contribution in [2.24, 2.45) is 5.73 Å². The maximum absolute atomic E-state index is 12.1. The second-order valence-electron chi connectivity index (χ2n) is 5.42. The highest BCUT2D eigenvalue weighted by Crippen LogP contribution is 2.15. The summed E-state index contributed by atoms with van der Waals surface area (Å²) in [4.78, 5) is 24.6. The molecule has 6 heteroatoms. The molecule has 124 valence electrons. The molecule has 0 aromatic heterocycles. The molecule has 1 aromatic carbocycles. The Morgan fingerprint density at radius 1 is 1.26 bits per heavy atom. The molecule has 23 heavy (non-hydrogen) atoms. The minimum atomic E-state index is -0.517. The van der Waals surface area contributed by atoms with Crippen LogP contribution >= 0.6 is 0 Å². The first kappa shape index (κ1) is 17.0. The number of benzene rings is 1. The molecule has 2 rings (SSSR count). The number of methoxy groups -OCH3 is 1. The Morgan fingerprint density at radius 2 is 1.91 bits per heavy atom. The first-order valence-electron chi connectivity index (χ1n) is 7.59. The average molecular weight is 318 g/mol. The Labute approximate surface area is 135 Å². The van der Waals surface area contributed by atoms with Crippen molar-refractivity contribution in [1.82, 2.24) is 4.90 Å². The van der Waals surface area contributed by atoms with Gasteiger partial charge in [-0.2, -0.15) is 0 Å². The van der Waals surface area contributed by atoms with E-state index in [-0.39, 0.29) is 18.6 Å². The van der Waals surface area contributed by atoms with Crippen LogP contribution < -0.4 is 10.5 Å². The van der Waals surface area contributed by atoms with E-state index < -0.39 is 5.91 Å². The van der Waals surface area contributed by atoms with Crippen LogP contribution in [0.2, 0.25) is 0 Å². The standard InChI is InChI=1S/C17H22N2O4/c1-22-14-8-10-19(11-9-14)17(21)7-4-13-2-5-15(6-3-13)23-12-16(18)20/h2-7,14H,8-12H2,1H3,(H2,18,20)/b7-4+. The summed E-state index contributed by atoms with van der Waals surface area (Å²) >= 11 is 0. The number of nitrogens with zero attached hydrogens (tertiary/aromatic N) is 1. The lowest BCUT2D eigenvalue weighted by Gasteiger charge is -2.30. The number of amides is 2. The van der Waals surface area contributed by atoms with Gasteiger partial charge >= 0.3 is 0 Å². The molecule has 1 aliphatic heterocycles. The molecule has 6 nitrogen and oxygen atoms in total. The van der Waals surface area contributed by atoms with Crippen LogP contribution in [-0.2, 0) is 14.3 Å². The van der Waals surface area contributed by atoms with Crippen molar-refractivity contribution in [3.63, 3.8) is 0 Å². The highest BCUT2D eigenvalue weighted by molar-refractivity contribution is 5.91. The van der Waals surface area contributed by atoms with Crippen LogP contribution in [0.5, 0.6) is 5.75 Å². The van der Waals surface area contributed by atoms with Crippen LogP contribution in [-0.4, -0.2) is 49.6 Å². The molecule has 0 bridgehead atoms. The third-order valence-corrected chi connectivity index (χ3v) is 3.77. The highest BCUT2D eigenvalue weighted by atomic mass is 16.5. The molecule has 1 saturated heterocycles. The molecule has 1 aromatic rings. The first-order chi connectivity index (χ1) is 11.1. The number of rotatable bonds is 6. The molecule has 0 aliphatic carbocycles. The smallest absolute Gasteiger partial charge is 0.255 e. The van der Waals surface area contributed by atoms with Gasteiger partial charge in [-0.1, -0.05) is 12.1 Å². The summed E-state index contributed by atoms with van der Waals surface area (Å²) in [6, 6.07) is 7.10. The van der Waals surface area contributed by atoms with Crippen molar-refractivity contribution in [3.05, 3.63) is 35.9 Å². The van der Waals surface area contributed by atoms with Crippen LogP contribution in [0.1, 0.15) is 18.4 Å². The van der Waals surface area contributed by atoms with E-state index in [1.54, 1.807) is 31.4 Å². The molecule has 1 fully saturated rings. The van der Waals surface area contributed by atoms with Crippen molar-refractivity contribution in [3.8, 4) is 5.75 Å². The summed E-state index contributed by atoms with van der Waals surface area (Å²) in [6.07, 6.45) is 5.36. The fraction of sp³-hybridized carbons (Fsp3) is 0.412.